The molecule has 28 heavy (non-hydrogen) atoms. The monoisotopic (exact) mass is 454 g/mol. The second kappa shape index (κ2) is 12.1. The SMILES string of the molecule is C[C@H](N)C(=O)N1CC2(C[C@H]1C(=O)NCCCCCCC(=O)NO)SCCS2.Cl. The van der Waals surface area contributed by atoms with Crippen molar-refractivity contribution >= 4 is 53.7 Å². The first-order chi connectivity index (χ1) is 12.9. The Morgan fingerprint density at radius 2 is 1.86 bits per heavy atom. The molecule has 0 radical (unpaired) electrons. The Morgan fingerprint density at radius 1 is 1.21 bits per heavy atom. The third-order valence-electron chi connectivity index (χ3n) is 4.84. The first kappa shape index (κ1) is 25.4. The van der Waals surface area contributed by atoms with Gasteiger partial charge in [0.05, 0.1) is 10.1 Å². The maximum Gasteiger partial charge on any atom is 0.243 e. The van der Waals surface area contributed by atoms with E-state index in [0.29, 0.717) is 32.4 Å². The zero-order valence-corrected chi connectivity index (χ0v) is 18.6. The summed E-state index contributed by atoms with van der Waals surface area (Å²) >= 11 is 3.69. The fourth-order valence-corrected chi connectivity index (χ4v) is 6.68. The van der Waals surface area contributed by atoms with Crippen molar-refractivity contribution in [2.45, 2.75) is 61.6 Å². The van der Waals surface area contributed by atoms with Crippen molar-refractivity contribution < 1.29 is 19.6 Å². The van der Waals surface area contributed by atoms with Crippen molar-refractivity contribution in [3.8, 4) is 0 Å². The van der Waals surface area contributed by atoms with E-state index in [1.54, 1.807) is 17.3 Å². The highest BCUT2D eigenvalue weighted by Gasteiger charge is 2.51. The van der Waals surface area contributed by atoms with Crippen LogP contribution in [-0.4, -0.2) is 68.6 Å². The zero-order chi connectivity index (χ0) is 19.9. The molecule has 5 N–H and O–H groups in total. The largest absolute Gasteiger partial charge is 0.354 e. The summed E-state index contributed by atoms with van der Waals surface area (Å²) in [5.74, 6) is 1.46. The summed E-state index contributed by atoms with van der Waals surface area (Å²) in [4.78, 5) is 37.8. The van der Waals surface area contributed by atoms with Gasteiger partial charge >= 0.3 is 0 Å². The van der Waals surface area contributed by atoms with E-state index in [4.69, 9.17) is 10.9 Å². The highest BCUT2D eigenvalue weighted by Crippen LogP contribution is 2.51. The van der Waals surface area contributed by atoms with E-state index in [1.165, 1.54) is 0 Å². The van der Waals surface area contributed by atoms with Gasteiger partial charge in [0.15, 0.2) is 0 Å². The average molecular weight is 455 g/mol. The molecule has 0 aromatic rings. The molecule has 0 aliphatic carbocycles. The van der Waals surface area contributed by atoms with Gasteiger partial charge in [-0.3, -0.25) is 19.6 Å². The molecule has 0 bridgehead atoms. The van der Waals surface area contributed by atoms with Crippen LogP contribution in [0.2, 0.25) is 0 Å². The minimum atomic E-state index is -0.608. The fourth-order valence-electron chi connectivity index (χ4n) is 3.42. The number of hydroxylamine groups is 1. The zero-order valence-electron chi connectivity index (χ0n) is 16.1. The normalized spacial score (nSPS) is 21.2. The number of amides is 3. The van der Waals surface area contributed by atoms with Crippen molar-refractivity contribution in [2.24, 2.45) is 5.73 Å². The van der Waals surface area contributed by atoms with E-state index < -0.39 is 12.1 Å². The number of halogens is 1. The fraction of sp³-hybridized carbons (Fsp3) is 0.824. The Hall–Kier alpha value is -0.680. The van der Waals surface area contributed by atoms with Crippen molar-refractivity contribution in [3.63, 3.8) is 0 Å². The van der Waals surface area contributed by atoms with Crippen LogP contribution in [0.25, 0.3) is 0 Å². The van der Waals surface area contributed by atoms with Gasteiger partial charge < -0.3 is 16.0 Å². The lowest BCUT2D eigenvalue weighted by molar-refractivity contribution is -0.139. The number of unbranched alkanes of at least 4 members (excludes halogenated alkanes) is 3. The molecule has 2 rings (SSSR count). The number of nitrogens with two attached hydrogens (primary N) is 1. The first-order valence-corrected chi connectivity index (χ1v) is 11.4. The Bertz CT molecular complexity index is 547. The van der Waals surface area contributed by atoms with Crippen molar-refractivity contribution in [2.75, 3.05) is 24.6 Å². The van der Waals surface area contributed by atoms with Gasteiger partial charge in [0, 0.05) is 37.4 Å². The second-order valence-electron chi connectivity index (χ2n) is 7.07. The molecule has 0 aromatic carbocycles. The third kappa shape index (κ3) is 6.98. The van der Waals surface area contributed by atoms with Crippen LogP contribution in [-0.2, 0) is 14.4 Å². The van der Waals surface area contributed by atoms with E-state index >= 15 is 0 Å². The van der Waals surface area contributed by atoms with Gasteiger partial charge in [0.2, 0.25) is 17.7 Å². The minimum Gasteiger partial charge on any atom is -0.354 e. The molecule has 2 heterocycles. The van der Waals surface area contributed by atoms with Gasteiger partial charge in [-0.1, -0.05) is 12.8 Å². The van der Waals surface area contributed by atoms with Gasteiger partial charge in [-0.25, -0.2) is 5.48 Å². The number of nitrogens with one attached hydrogen (secondary N) is 2. The summed E-state index contributed by atoms with van der Waals surface area (Å²) in [6.07, 6.45) is 4.24. The molecule has 0 unspecified atom stereocenters. The summed E-state index contributed by atoms with van der Waals surface area (Å²) in [6.45, 7) is 2.79. The summed E-state index contributed by atoms with van der Waals surface area (Å²) in [5.41, 5.74) is 7.40. The van der Waals surface area contributed by atoms with E-state index in [1.807, 2.05) is 23.5 Å². The predicted octanol–water partition coefficient (Wildman–Crippen LogP) is 1.10. The molecular formula is C17H31ClN4O4S2. The van der Waals surface area contributed by atoms with Gasteiger partial charge in [-0.15, -0.1) is 35.9 Å². The van der Waals surface area contributed by atoms with Crippen LogP contribution < -0.4 is 16.5 Å². The Morgan fingerprint density at radius 3 is 2.46 bits per heavy atom. The van der Waals surface area contributed by atoms with Crippen LogP contribution in [0, 0.1) is 0 Å². The summed E-state index contributed by atoms with van der Waals surface area (Å²) < 4.78 is -0.0696. The molecule has 2 atom stereocenters. The average Bonchev–Trinajstić information content (AvgIpc) is 3.27. The number of carbonyl (C=O) groups is 3. The number of hydrogen-bond donors (Lipinski definition) is 4. The molecule has 2 aliphatic rings. The molecule has 2 saturated heterocycles. The van der Waals surface area contributed by atoms with Crippen LogP contribution in [0.15, 0.2) is 0 Å². The molecule has 0 saturated carbocycles. The Balaban J connectivity index is 0.00000392. The lowest BCUT2D eigenvalue weighted by Crippen LogP contribution is -2.50. The number of nitrogens with zero attached hydrogens (tertiary/aromatic N) is 1. The number of thioether (sulfide) groups is 2. The molecule has 1 spiro atoms. The lowest BCUT2D eigenvalue weighted by atomic mass is 10.1. The van der Waals surface area contributed by atoms with Crippen LogP contribution in [0.4, 0.5) is 0 Å². The molecule has 2 aliphatic heterocycles. The standard InChI is InChI=1S/C17H30N4O4S2.ClH/c1-12(18)16(24)21-11-17(26-8-9-27-17)10-13(21)15(23)19-7-5-3-2-4-6-14(22)20-25;/h12-13,25H,2-11,18H2,1H3,(H,19,23)(H,20,22);1H/t12-,13-;/m0./s1. The molecule has 3 amide bonds. The van der Waals surface area contributed by atoms with Gasteiger partial charge in [0.1, 0.15) is 6.04 Å². The van der Waals surface area contributed by atoms with Crippen molar-refractivity contribution in [3.05, 3.63) is 0 Å². The van der Waals surface area contributed by atoms with Gasteiger partial charge in [-0.05, 0) is 19.8 Å². The van der Waals surface area contributed by atoms with E-state index in [9.17, 15) is 14.4 Å². The smallest absolute Gasteiger partial charge is 0.243 e. The number of hydrogen-bond acceptors (Lipinski definition) is 7. The third-order valence-corrected chi connectivity index (χ3v) is 8.26. The number of rotatable bonds is 9. The van der Waals surface area contributed by atoms with Crippen LogP contribution in [0.3, 0.4) is 0 Å². The van der Waals surface area contributed by atoms with E-state index in [0.717, 1.165) is 30.8 Å². The number of carbonyl (C=O) groups excluding carboxylic acids is 3. The Kier molecular flexibility index (Phi) is 11.0. The first-order valence-electron chi connectivity index (χ1n) is 9.43. The van der Waals surface area contributed by atoms with E-state index in [2.05, 4.69) is 5.32 Å². The quantitative estimate of drug-likeness (QED) is 0.233. The highest BCUT2D eigenvalue weighted by molar-refractivity contribution is 8.21. The highest BCUT2D eigenvalue weighted by atomic mass is 35.5. The van der Waals surface area contributed by atoms with Crippen LogP contribution in [0.5, 0.6) is 0 Å². The second-order valence-corrected chi connectivity index (χ2v) is 10.3. The van der Waals surface area contributed by atoms with Crippen LogP contribution >= 0.6 is 35.9 Å². The van der Waals surface area contributed by atoms with Gasteiger partial charge in [-0.2, -0.15) is 0 Å². The topological polar surface area (TPSA) is 125 Å². The molecule has 8 nitrogen and oxygen atoms in total. The molecule has 11 heteroatoms. The van der Waals surface area contributed by atoms with Gasteiger partial charge in [0.25, 0.3) is 0 Å². The molecule has 162 valence electrons. The summed E-state index contributed by atoms with van der Waals surface area (Å²) in [5, 5.41) is 11.4. The maximum absolute atomic E-state index is 12.7. The molecule has 0 aromatic heterocycles. The molecule has 2 fully saturated rings. The van der Waals surface area contributed by atoms with Crippen molar-refractivity contribution in [1.82, 2.24) is 15.7 Å². The minimum absolute atomic E-state index is 0. The number of likely N-dealkylation sites (tertiary alicyclic amines) is 1. The van der Waals surface area contributed by atoms with Crippen molar-refractivity contribution in [1.29, 1.82) is 0 Å². The molecular weight excluding hydrogens is 424 g/mol. The maximum atomic E-state index is 12.7. The predicted molar refractivity (Wildman–Crippen MR) is 115 cm³/mol. The summed E-state index contributed by atoms with van der Waals surface area (Å²) in [7, 11) is 0. The lowest BCUT2D eigenvalue weighted by Gasteiger charge is -2.25. The van der Waals surface area contributed by atoms with E-state index in [-0.39, 0.29) is 34.2 Å². The Labute approximate surface area is 180 Å². The van der Waals surface area contributed by atoms with Crippen LogP contribution in [0.1, 0.15) is 45.4 Å². The summed E-state index contributed by atoms with van der Waals surface area (Å²) in [6, 6.07) is -1.06.